The molecular formula is C22H37N5OS. The summed E-state index contributed by atoms with van der Waals surface area (Å²) in [4.78, 5) is 23.0. The number of fused-ring (bicyclic) bond motifs is 1. The van der Waals surface area contributed by atoms with Gasteiger partial charge in [0, 0.05) is 37.6 Å². The van der Waals surface area contributed by atoms with E-state index in [1.165, 1.54) is 49.2 Å². The monoisotopic (exact) mass is 419 g/mol. The van der Waals surface area contributed by atoms with Gasteiger partial charge in [0.1, 0.15) is 0 Å². The van der Waals surface area contributed by atoms with Crippen molar-refractivity contribution < 1.29 is 4.79 Å². The largest absolute Gasteiger partial charge is 0.355 e. The standard InChI is InChI=1S/C22H37N5OS/c1-17(2)19(26-10-6-4-5-7-11-26)14-24-22(23-3)25-15-21(28)27-12-8-20-18(16-27)9-13-29-20/h9,13,17,19H,4-8,10-12,14-16H2,1-3H3,(H2,23,24,25). The van der Waals surface area contributed by atoms with Gasteiger partial charge in [-0.05, 0) is 55.3 Å². The maximum atomic E-state index is 12.7. The second kappa shape index (κ2) is 11.0. The number of hydrogen-bond donors (Lipinski definition) is 2. The summed E-state index contributed by atoms with van der Waals surface area (Å²) in [6.07, 6.45) is 6.27. The Bertz CT molecular complexity index is 678. The van der Waals surface area contributed by atoms with Gasteiger partial charge in [0.05, 0.1) is 6.54 Å². The maximum Gasteiger partial charge on any atom is 0.242 e. The van der Waals surface area contributed by atoms with Gasteiger partial charge >= 0.3 is 0 Å². The van der Waals surface area contributed by atoms with Gasteiger partial charge in [-0.25, -0.2) is 0 Å². The molecule has 29 heavy (non-hydrogen) atoms. The van der Waals surface area contributed by atoms with Crippen LogP contribution in [0.5, 0.6) is 0 Å². The highest BCUT2D eigenvalue weighted by atomic mass is 32.1. The number of carbonyl (C=O) groups is 1. The Kier molecular flexibility index (Phi) is 8.36. The number of amides is 1. The molecule has 1 atom stereocenters. The quantitative estimate of drug-likeness (QED) is 0.550. The van der Waals surface area contributed by atoms with Gasteiger partial charge in [-0.15, -0.1) is 11.3 Å². The number of guanidine groups is 1. The first-order valence-electron chi connectivity index (χ1n) is 11.1. The van der Waals surface area contributed by atoms with E-state index in [1.54, 1.807) is 18.4 Å². The molecule has 0 spiro atoms. The van der Waals surface area contributed by atoms with E-state index in [9.17, 15) is 4.79 Å². The van der Waals surface area contributed by atoms with Gasteiger partial charge in [-0.1, -0.05) is 26.7 Å². The summed E-state index contributed by atoms with van der Waals surface area (Å²) in [5.74, 6) is 1.43. The molecule has 1 aromatic rings. The van der Waals surface area contributed by atoms with Crippen molar-refractivity contribution >= 4 is 23.2 Å². The van der Waals surface area contributed by atoms with Gasteiger partial charge < -0.3 is 15.5 Å². The van der Waals surface area contributed by atoms with Crippen LogP contribution in [0.1, 0.15) is 50.0 Å². The van der Waals surface area contributed by atoms with Gasteiger partial charge in [0.2, 0.25) is 5.91 Å². The zero-order chi connectivity index (χ0) is 20.6. The third-order valence-electron chi connectivity index (χ3n) is 6.15. The molecule has 0 aromatic carbocycles. The van der Waals surface area contributed by atoms with E-state index in [0.717, 1.165) is 26.1 Å². The Morgan fingerprint density at radius 2 is 1.93 bits per heavy atom. The number of nitrogens with one attached hydrogen (secondary N) is 2. The summed E-state index contributed by atoms with van der Waals surface area (Å²) in [5.41, 5.74) is 1.30. The molecule has 0 aliphatic carbocycles. The number of carbonyl (C=O) groups excluding carboxylic acids is 1. The molecular weight excluding hydrogens is 382 g/mol. The van der Waals surface area contributed by atoms with Crippen LogP contribution >= 0.6 is 11.3 Å². The van der Waals surface area contributed by atoms with E-state index >= 15 is 0 Å². The van der Waals surface area contributed by atoms with Gasteiger partial charge in [0.25, 0.3) is 0 Å². The van der Waals surface area contributed by atoms with Crippen LogP contribution in [0.15, 0.2) is 16.4 Å². The number of likely N-dealkylation sites (tertiary alicyclic amines) is 1. The molecule has 162 valence electrons. The molecule has 2 N–H and O–H groups in total. The third kappa shape index (κ3) is 6.19. The average molecular weight is 420 g/mol. The minimum atomic E-state index is 0.137. The molecule has 1 saturated heterocycles. The fourth-order valence-electron chi connectivity index (χ4n) is 4.37. The van der Waals surface area contributed by atoms with Crippen molar-refractivity contribution in [1.82, 2.24) is 20.4 Å². The van der Waals surface area contributed by atoms with Crippen LogP contribution in [0.3, 0.4) is 0 Å². The molecule has 0 saturated carbocycles. The number of nitrogens with zero attached hydrogens (tertiary/aromatic N) is 3. The number of aliphatic imine (C=N–C) groups is 1. The Hall–Kier alpha value is -1.60. The highest BCUT2D eigenvalue weighted by Crippen LogP contribution is 2.23. The van der Waals surface area contributed by atoms with Crippen molar-refractivity contribution in [2.24, 2.45) is 10.9 Å². The van der Waals surface area contributed by atoms with E-state index < -0.39 is 0 Å². The molecule has 3 heterocycles. The van der Waals surface area contributed by atoms with Crippen LogP contribution in [0.2, 0.25) is 0 Å². The third-order valence-corrected chi connectivity index (χ3v) is 7.17. The Morgan fingerprint density at radius 1 is 1.17 bits per heavy atom. The van der Waals surface area contributed by atoms with E-state index in [-0.39, 0.29) is 12.5 Å². The molecule has 1 amide bonds. The summed E-state index contributed by atoms with van der Waals surface area (Å²) in [6, 6.07) is 2.63. The first kappa shape index (κ1) is 22.1. The van der Waals surface area contributed by atoms with Crippen LogP contribution in [-0.4, -0.2) is 67.5 Å². The highest BCUT2D eigenvalue weighted by molar-refractivity contribution is 7.10. The first-order valence-corrected chi connectivity index (χ1v) is 12.0. The van der Waals surface area contributed by atoms with E-state index in [0.29, 0.717) is 17.9 Å². The zero-order valence-electron chi connectivity index (χ0n) is 18.2. The van der Waals surface area contributed by atoms with Crippen molar-refractivity contribution in [3.05, 3.63) is 21.9 Å². The van der Waals surface area contributed by atoms with Gasteiger partial charge in [0.15, 0.2) is 5.96 Å². The lowest BCUT2D eigenvalue weighted by molar-refractivity contribution is -0.130. The van der Waals surface area contributed by atoms with Crippen molar-refractivity contribution in [2.75, 3.05) is 39.8 Å². The van der Waals surface area contributed by atoms with Crippen LogP contribution in [-0.2, 0) is 17.8 Å². The second-order valence-electron chi connectivity index (χ2n) is 8.50. The summed E-state index contributed by atoms with van der Waals surface area (Å²) in [7, 11) is 1.77. The summed E-state index contributed by atoms with van der Waals surface area (Å²) in [6.45, 7) is 9.66. The molecule has 6 nitrogen and oxygen atoms in total. The number of thiophene rings is 1. The van der Waals surface area contributed by atoms with Crippen LogP contribution in [0.25, 0.3) is 0 Å². The molecule has 3 rings (SSSR count). The molecule has 1 unspecified atom stereocenters. The lowest BCUT2D eigenvalue weighted by atomic mass is 10.0. The van der Waals surface area contributed by atoms with E-state index in [1.807, 2.05) is 4.90 Å². The summed E-state index contributed by atoms with van der Waals surface area (Å²) >= 11 is 1.80. The predicted molar refractivity (Wildman–Crippen MR) is 121 cm³/mol. The van der Waals surface area contributed by atoms with Gasteiger partial charge in [-0.2, -0.15) is 0 Å². The Morgan fingerprint density at radius 3 is 2.62 bits per heavy atom. The SMILES string of the molecule is CN=C(NCC(=O)N1CCc2sccc2C1)NCC(C(C)C)N1CCCCCC1. The molecule has 1 aromatic heterocycles. The van der Waals surface area contributed by atoms with Crippen molar-refractivity contribution in [3.8, 4) is 0 Å². The van der Waals surface area contributed by atoms with Crippen LogP contribution in [0.4, 0.5) is 0 Å². The molecule has 0 bridgehead atoms. The topological polar surface area (TPSA) is 60.0 Å². The zero-order valence-corrected chi connectivity index (χ0v) is 19.1. The Balaban J connectivity index is 1.46. The van der Waals surface area contributed by atoms with Crippen LogP contribution in [0, 0.1) is 5.92 Å². The Labute approximate surface area is 179 Å². The van der Waals surface area contributed by atoms with Crippen LogP contribution < -0.4 is 10.6 Å². The molecule has 1 fully saturated rings. The number of rotatable bonds is 6. The van der Waals surface area contributed by atoms with Crippen molar-refractivity contribution in [1.29, 1.82) is 0 Å². The van der Waals surface area contributed by atoms with E-state index in [4.69, 9.17) is 0 Å². The molecule has 2 aliphatic heterocycles. The van der Waals surface area contributed by atoms with E-state index in [2.05, 4.69) is 45.8 Å². The highest BCUT2D eigenvalue weighted by Gasteiger charge is 2.24. The molecule has 0 radical (unpaired) electrons. The summed E-state index contributed by atoms with van der Waals surface area (Å²) in [5, 5.41) is 8.82. The predicted octanol–water partition coefficient (Wildman–Crippen LogP) is 2.70. The lowest BCUT2D eigenvalue weighted by Crippen LogP contribution is -2.51. The average Bonchev–Trinajstić information content (AvgIpc) is 3.03. The second-order valence-corrected chi connectivity index (χ2v) is 9.50. The first-order chi connectivity index (χ1) is 14.1. The smallest absolute Gasteiger partial charge is 0.242 e. The van der Waals surface area contributed by atoms with Crippen molar-refractivity contribution in [3.63, 3.8) is 0 Å². The maximum absolute atomic E-state index is 12.7. The van der Waals surface area contributed by atoms with Crippen molar-refractivity contribution in [2.45, 2.75) is 58.5 Å². The minimum Gasteiger partial charge on any atom is -0.355 e. The molecule has 7 heteroatoms. The summed E-state index contributed by atoms with van der Waals surface area (Å²) < 4.78 is 0. The number of hydrogen-bond acceptors (Lipinski definition) is 4. The molecule has 2 aliphatic rings. The fraction of sp³-hybridized carbons (Fsp3) is 0.727. The van der Waals surface area contributed by atoms with Gasteiger partial charge in [-0.3, -0.25) is 14.7 Å². The lowest BCUT2D eigenvalue weighted by Gasteiger charge is -2.34. The fourth-order valence-corrected chi connectivity index (χ4v) is 5.26. The normalized spacial score (nSPS) is 19.6. The minimum absolute atomic E-state index is 0.137.